The highest BCUT2D eigenvalue weighted by Crippen LogP contribution is 2.27. The average molecular weight is 535 g/mol. The van der Waals surface area contributed by atoms with Crippen LogP contribution in [0.5, 0.6) is 0 Å². The maximum absolute atomic E-state index is 13.3. The minimum Gasteiger partial charge on any atom is -0.271 e. The molecule has 166 valence electrons. The molecule has 1 amide bonds. The Morgan fingerprint density at radius 2 is 1.72 bits per heavy atom. The van der Waals surface area contributed by atoms with Crippen LogP contribution in [-0.4, -0.2) is 26.6 Å². The molecule has 0 aromatic heterocycles. The number of nitrogens with one attached hydrogen (secondary N) is 1. The Labute approximate surface area is 201 Å². The summed E-state index contributed by atoms with van der Waals surface area (Å²) in [7, 11) is -4.01. The number of carbonyl (C=O) groups is 1. The van der Waals surface area contributed by atoms with Crippen molar-refractivity contribution in [2.24, 2.45) is 5.10 Å². The first kappa shape index (κ1) is 24.0. The van der Waals surface area contributed by atoms with Crippen LogP contribution in [0.3, 0.4) is 0 Å². The smallest absolute Gasteiger partial charge is 0.264 e. The van der Waals surface area contributed by atoms with Gasteiger partial charge in [0.2, 0.25) is 0 Å². The van der Waals surface area contributed by atoms with Gasteiger partial charge in [0, 0.05) is 9.50 Å². The Balaban J connectivity index is 1.88. The number of hydrazone groups is 1. The number of nitrogens with zero attached hydrogens (tertiary/aromatic N) is 2. The second-order valence-electron chi connectivity index (χ2n) is 7.00. The monoisotopic (exact) mass is 533 g/mol. The second-order valence-corrected chi connectivity index (χ2v) is 10.2. The van der Waals surface area contributed by atoms with E-state index in [-0.39, 0.29) is 10.6 Å². The average Bonchev–Trinajstić information content (AvgIpc) is 2.78. The van der Waals surface area contributed by atoms with Gasteiger partial charge in [0.1, 0.15) is 6.54 Å². The molecular weight excluding hydrogens is 514 g/mol. The van der Waals surface area contributed by atoms with Gasteiger partial charge in [-0.1, -0.05) is 63.9 Å². The van der Waals surface area contributed by atoms with E-state index < -0.39 is 22.5 Å². The lowest BCUT2D eigenvalue weighted by atomic mass is 10.1. The number of amides is 1. The van der Waals surface area contributed by atoms with E-state index in [4.69, 9.17) is 11.6 Å². The molecule has 0 saturated heterocycles. The minimum atomic E-state index is -4.01. The molecule has 1 N–H and O–H groups in total. The van der Waals surface area contributed by atoms with Crippen LogP contribution in [0.15, 0.2) is 87.3 Å². The van der Waals surface area contributed by atoms with Gasteiger partial charge in [-0.2, -0.15) is 5.10 Å². The van der Waals surface area contributed by atoms with E-state index in [1.54, 1.807) is 37.3 Å². The Morgan fingerprint density at radius 1 is 1.06 bits per heavy atom. The third-order valence-electron chi connectivity index (χ3n) is 4.67. The van der Waals surface area contributed by atoms with Crippen LogP contribution in [0.2, 0.25) is 5.02 Å². The maximum Gasteiger partial charge on any atom is 0.264 e. The highest BCUT2D eigenvalue weighted by molar-refractivity contribution is 9.10. The molecule has 0 bridgehead atoms. The van der Waals surface area contributed by atoms with Crippen molar-refractivity contribution in [2.45, 2.75) is 18.7 Å². The summed E-state index contributed by atoms with van der Waals surface area (Å²) in [5, 5.41) is 4.51. The van der Waals surface area contributed by atoms with Crippen LogP contribution in [0.4, 0.5) is 5.69 Å². The molecule has 0 aliphatic heterocycles. The third kappa shape index (κ3) is 5.76. The van der Waals surface area contributed by atoms with Crippen LogP contribution in [0.1, 0.15) is 18.1 Å². The van der Waals surface area contributed by atoms with E-state index in [0.29, 0.717) is 10.7 Å². The topological polar surface area (TPSA) is 78.8 Å². The molecule has 0 unspecified atom stereocenters. The highest BCUT2D eigenvalue weighted by atomic mass is 79.9. The largest absolute Gasteiger partial charge is 0.271 e. The van der Waals surface area contributed by atoms with Crippen LogP contribution in [-0.2, 0) is 14.8 Å². The number of sulfonamides is 1. The molecular formula is C23H21BrClN3O3S. The van der Waals surface area contributed by atoms with Crippen LogP contribution in [0, 0.1) is 6.92 Å². The first-order valence-corrected chi connectivity index (χ1v) is 12.2. The maximum atomic E-state index is 13.3. The zero-order valence-corrected chi connectivity index (χ0v) is 20.6. The number of rotatable bonds is 7. The molecule has 0 saturated carbocycles. The van der Waals surface area contributed by atoms with Crippen molar-refractivity contribution >= 4 is 54.9 Å². The van der Waals surface area contributed by atoms with Gasteiger partial charge in [-0.15, -0.1) is 0 Å². The lowest BCUT2D eigenvalue weighted by Crippen LogP contribution is -2.39. The summed E-state index contributed by atoms with van der Waals surface area (Å²) < 4.78 is 28.6. The van der Waals surface area contributed by atoms with Gasteiger partial charge in [-0.25, -0.2) is 13.8 Å². The Kier molecular flexibility index (Phi) is 7.71. The van der Waals surface area contributed by atoms with Crippen molar-refractivity contribution in [3.05, 3.63) is 93.4 Å². The molecule has 0 aliphatic rings. The number of halogens is 2. The fourth-order valence-electron chi connectivity index (χ4n) is 2.84. The van der Waals surface area contributed by atoms with Crippen LogP contribution in [0.25, 0.3) is 0 Å². The normalized spacial score (nSPS) is 11.8. The molecule has 0 spiro atoms. The summed E-state index contributed by atoms with van der Waals surface area (Å²) in [6.07, 6.45) is 0. The number of hydrogen-bond donors (Lipinski definition) is 1. The zero-order chi connectivity index (χ0) is 23.3. The molecule has 6 nitrogen and oxygen atoms in total. The summed E-state index contributed by atoms with van der Waals surface area (Å²) in [6, 6.07) is 20.2. The third-order valence-corrected chi connectivity index (χ3v) is 7.40. The van der Waals surface area contributed by atoms with Crippen LogP contribution < -0.4 is 9.73 Å². The Bertz CT molecular complexity index is 1250. The molecule has 9 heteroatoms. The van der Waals surface area contributed by atoms with E-state index in [2.05, 4.69) is 26.5 Å². The van der Waals surface area contributed by atoms with Gasteiger partial charge in [-0.3, -0.25) is 9.10 Å². The lowest BCUT2D eigenvalue weighted by Gasteiger charge is -2.24. The Morgan fingerprint density at radius 3 is 2.34 bits per heavy atom. The number of carbonyl (C=O) groups excluding carboxylic acids is 1. The molecule has 0 atom stereocenters. The standard InChI is InChI=1S/C23H21BrClN3O3S/c1-16-8-13-20(14-22(16)25)28(32(30,31)21-6-4-3-5-7-21)15-23(29)27-26-17(2)18-9-11-19(24)12-10-18/h3-14H,15H2,1-2H3,(H,27,29). The van der Waals surface area contributed by atoms with Crippen LogP contribution >= 0.6 is 27.5 Å². The molecule has 0 heterocycles. The van der Waals surface area contributed by atoms with E-state index in [9.17, 15) is 13.2 Å². The van der Waals surface area contributed by atoms with E-state index in [1.165, 1.54) is 18.2 Å². The summed E-state index contributed by atoms with van der Waals surface area (Å²) in [6.45, 7) is 3.10. The number of anilines is 1. The first-order valence-electron chi connectivity index (χ1n) is 9.61. The van der Waals surface area contributed by atoms with Crippen molar-refractivity contribution in [3.63, 3.8) is 0 Å². The molecule has 0 fully saturated rings. The molecule has 0 aliphatic carbocycles. The summed E-state index contributed by atoms with van der Waals surface area (Å²) in [4.78, 5) is 12.8. The van der Waals surface area contributed by atoms with Crippen molar-refractivity contribution in [1.29, 1.82) is 0 Å². The van der Waals surface area contributed by atoms with E-state index >= 15 is 0 Å². The summed E-state index contributed by atoms with van der Waals surface area (Å²) >= 11 is 9.60. The molecule has 3 aromatic carbocycles. The molecule has 3 rings (SSSR count). The highest BCUT2D eigenvalue weighted by Gasteiger charge is 2.27. The predicted octanol–water partition coefficient (Wildman–Crippen LogP) is 5.15. The lowest BCUT2D eigenvalue weighted by molar-refractivity contribution is -0.119. The fraction of sp³-hybridized carbons (Fsp3) is 0.130. The van der Waals surface area contributed by atoms with Crippen molar-refractivity contribution in [3.8, 4) is 0 Å². The van der Waals surface area contributed by atoms with Crippen molar-refractivity contribution in [1.82, 2.24) is 5.43 Å². The van der Waals surface area contributed by atoms with Gasteiger partial charge in [-0.05, 0) is 61.4 Å². The molecule has 32 heavy (non-hydrogen) atoms. The van der Waals surface area contributed by atoms with Crippen molar-refractivity contribution < 1.29 is 13.2 Å². The Hall–Kier alpha value is -2.68. The fourth-order valence-corrected chi connectivity index (χ4v) is 4.71. The number of hydrogen-bond acceptors (Lipinski definition) is 4. The molecule has 3 aromatic rings. The van der Waals surface area contributed by atoms with Gasteiger partial charge in [0.25, 0.3) is 15.9 Å². The minimum absolute atomic E-state index is 0.0686. The number of aryl methyl sites for hydroxylation is 1. The van der Waals surface area contributed by atoms with Gasteiger partial charge >= 0.3 is 0 Å². The number of benzene rings is 3. The quantitative estimate of drug-likeness (QED) is 0.336. The summed E-state index contributed by atoms with van der Waals surface area (Å²) in [5.41, 5.74) is 4.94. The summed E-state index contributed by atoms with van der Waals surface area (Å²) in [5.74, 6) is -0.585. The van der Waals surface area contributed by atoms with E-state index in [1.807, 2.05) is 31.2 Å². The zero-order valence-electron chi connectivity index (χ0n) is 17.4. The predicted molar refractivity (Wildman–Crippen MR) is 132 cm³/mol. The molecule has 0 radical (unpaired) electrons. The van der Waals surface area contributed by atoms with Gasteiger partial charge < -0.3 is 0 Å². The van der Waals surface area contributed by atoms with Gasteiger partial charge in [0.15, 0.2) is 0 Å². The first-order chi connectivity index (χ1) is 15.2. The SMILES string of the molecule is CC(=NNC(=O)CN(c1ccc(C)c(Cl)c1)S(=O)(=O)c1ccccc1)c1ccc(Br)cc1. The van der Waals surface area contributed by atoms with Gasteiger partial charge in [0.05, 0.1) is 16.3 Å². The van der Waals surface area contributed by atoms with E-state index in [0.717, 1.165) is 19.9 Å². The van der Waals surface area contributed by atoms with Crippen molar-refractivity contribution in [2.75, 3.05) is 10.8 Å². The second kappa shape index (κ2) is 10.3.